The molecule has 0 aromatic heterocycles. The van der Waals surface area contributed by atoms with Crippen molar-refractivity contribution in [3.05, 3.63) is 54.1 Å². The van der Waals surface area contributed by atoms with Crippen molar-refractivity contribution >= 4 is 17.3 Å². The van der Waals surface area contributed by atoms with Gasteiger partial charge in [0.15, 0.2) is 0 Å². The van der Waals surface area contributed by atoms with E-state index >= 15 is 0 Å². The number of benzene rings is 2. The molecule has 1 N–H and O–H groups in total. The lowest BCUT2D eigenvalue weighted by atomic mass is 10.1. The lowest BCUT2D eigenvalue weighted by molar-refractivity contribution is -0.129. The summed E-state index contributed by atoms with van der Waals surface area (Å²) in [5.41, 5.74) is 3.47. The molecule has 0 spiro atoms. The molecule has 1 amide bonds. The summed E-state index contributed by atoms with van der Waals surface area (Å²) in [5, 5.41) is 3.23. The fraction of sp³-hybridized carbons (Fsp3) is 0.381. The van der Waals surface area contributed by atoms with Crippen molar-refractivity contribution in [2.24, 2.45) is 0 Å². The Hall–Kier alpha value is -2.69. The van der Waals surface area contributed by atoms with Crippen LogP contribution in [0, 0.1) is 0 Å². The molecule has 0 atom stereocenters. The summed E-state index contributed by atoms with van der Waals surface area (Å²) in [5.74, 6) is 1.01. The second-order valence-corrected chi connectivity index (χ2v) is 6.47. The maximum atomic E-state index is 12.4. The van der Waals surface area contributed by atoms with Crippen molar-refractivity contribution in [3.63, 3.8) is 0 Å². The van der Waals surface area contributed by atoms with Gasteiger partial charge in [0, 0.05) is 37.6 Å². The maximum absolute atomic E-state index is 12.4. The van der Waals surface area contributed by atoms with E-state index in [1.165, 1.54) is 11.3 Å². The molecule has 1 fully saturated rings. The van der Waals surface area contributed by atoms with Gasteiger partial charge in [0.2, 0.25) is 5.91 Å². The third-order valence-corrected chi connectivity index (χ3v) is 4.88. The summed E-state index contributed by atoms with van der Waals surface area (Å²) in [4.78, 5) is 16.7. The number of carbonyl (C=O) groups excluding carboxylic acids is 1. The number of amides is 1. The second-order valence-electron chi connectivity index (χ2n) is 6.47. The molecule has 3 rings (SSSR count). The van der Waals surface area contributed by atoms with E-state index in [4.69, 9.17) is 4.74 Å². The van der Waals surface area contributed by atoms with Crippen molar-refractivity contribution < 1.29 is 9.53 Å². The van der Waals surface area contributed by atoms with Crippen LogP contribution in [0.2, 0.25) is 0 Å². The number of aryl methyl sites for hydroxylation is 1. The predicted octanol–water partition coefficient (Wildman–Crippen LogP) is 3.02. The van der Waals surface area contributed by atoms with Crippen LogP contribution in [-0.2, 0) is 11.2 Å². The SMILES string of the molecule is CCc1ccc(NCC(=O)N2CCN(c3ccc(OC)cc3)CC2)cc1. The fourth-order valence-corrected chi connectivity index (χ4v) is 3.15. The molecule has 1 heterocycles. The van der Waals surface area contributed by atoms with E-state index in [1.54, 1.807) is 7.11 Å². The smallest absolute Gasteiger partial charge is 0.241 e. The number of rotatable bonds is 6. The molecule has 0 aliphatic carbocycles. The number of nitrogens with zero attached hydrogens (tertiary/aromatic N) is 2. The molecule has 0 bridgehead atoms. The highest BCUT2D eigenvalue weighted by Crippen LogP contribution is 2.20. The lowest BCUT2D eigenvalue weighted by Gasteiger charge is -2.36. The van der Waals surface area contributed by atoms with E-state index in [2.05, 4.69) is 41.4 Å². The molecular weight excluding hydrogens is 326 g/mol. The topological polar surface area (TPSA) is 44.8 Å². The van der Waals surface area contributed by atoms with Gasteiger partial charge < -0.3 is 19.9 Å². The van der Waals surface area contributed by atoms with Crippen molar-refractivity contribution in [2.75, 3.05) is 50.1 Å². The average molecular weight is 353 g/mol. The molecule has 5 heteroatoms. The molecule has 2 aromatic rings. The number of hydrogen-bond donors (Lipinski definition) is 1. The van der Waals surface area contributed by atoms with Crippen LogP contribution in [-0.4, -0.2) is 50.6 Å². The Morgan fingerprint density at radius 1 is 1.00 bits per heavy atom. The maximum Gasteiger partial charge on any atom is 0.241 e. The van der Waals surface area contributed by atoms with Gasteiger partial charge in [0.1, 0.15) is 5.75 Å². The molecule has 138 valence electrons. The van der Waals surface area contributed by atoms with E-state index < -0.39 is 0 Å². The van der Waals surface area contributed by atoms with Crippen molar-refractivity contribution in [1.29, 1.82) is 0 Å². The lowest BCUT2D eigenvalue weighted by Crippen LogP contribution is -2.50. The highest BCUT2D eigenvalue weighted by Gasteiger charge is 2.21. The highest BCUT2D eigenvalue weighted by atomic mass is 16.5. The summed E-state index contributed by atoms with van der Waals surface area (Å²) < 4.78 is 5.20. The Morgan fingerprint density at radius 2 is 1.65 bits per heavy atom. The van der Waals surface area contributed by atoms with E-state index in [0.29, 0.717) is 6.54 Å². The zero-order valence-electron chi connectivity index (χ0n) is 15.6. The summed E-state index contributed by atoms with van der Waals surface area (Å²) in [6.07, 6.45) is 1.03. The monoisotopic (exact) mass is 353 g/mol. The van der Waals surface area contributed by atoms with Crippen LogP contribution in [0.25, 0.3) is 0 Å². The summed E-state index contributed by atoms with van der Waals surface area (Å²) >= 11 is 0. The van der Waals surface area contributed by atoms with E-state index in [-0.39, 0.29) is 5.91 Å². The quantitative estimate of drug-likeness (QED) is 0.867. The molecule has 2 aromatic carbocycles. The first-order valence-corrected chi connectivity index (χ1v) is 9.19. The van der Waals surface area contributed by atoms with Gasteiger partial charge in [-0.3, -0.25) is 4.79 Å². The normalized spacial score (nSPS) is 14.2. The third kappa shape index (κ3) is 4.48. The van der Waals surface area contributed by atoms with E-state index in [9.17, 15) is 4.79 Å². The van der Waals surface area contributed by atoms with Crippen molar-refractivity contribution in [2.45, 2.75) is 13.3 Å². The van der Waals surface area contributed by atoms with E-state index in [0.717, 1.165) is 44.0 Å². The van der Waals surface area contributed by atoms with Gasteiger partial charge in [0.05, 0.1) is 13.7 Å². The first kappa shape index (κ1) is 18.1. The standard InChI is InChI=1S/C21H27N3O2/c1-3-17-4-6-18(7-5-17)22-16-21(25)24-14-12-23(13-15-24)19-8-10-20(26-2)11-9-19/h4-11,22H,3,12-16H2,1-2H3. The minimum Gasteiger partial charge on any atom is -0.497 e. The highest BCUT2D eigenvalue weighted by molar-refractivity contribution is 5.81. The van der Waals surface area contributed by atoms with Gasteiger partial charge in [-0.1, -0.05) is 19.1 Å². The van der Waals surface area contributed by atoms with E-state index in [1.807, 2.05) is 29.2 Å². The molecule has 1 aliphatic heterocycles. The van der Waals surface area contributed by atoms with Crippen LogP contribution in [0.5, 0.6) is 5.75 Å². The molecule has 0 unspecified atom stereocenters. The first-order chi connectivity index (χ1) is 12.7. The Morgan fingerprint density at radius 3 is 2.23 bits per heavy atom. The van der Waals surface area contributed by atoms with Crippen molar-refractivity contribution in [1.82, 2.24) is 4.90 Å². The minimum atomic E-state index is 0.152. The van der Waals surface area contributed by atoms with Crippen LogP contribution in [0.15, 0.2) is 48.5 Å². The molecule has 0 saturated carbocycles. The van der Waals surface area contributed by atoms with Crippen LogP contribution >= 0.6 is 0 Å². The summed E-state index contributed by atoms with van der Waals surface area (Å²) in [6.45, 7) is 5.68. The predicted molar refractivity (Wildman–Crippen MR) is 106 cm³/mol. The largest absolute Gasteiger partial charge is 0.497 e. The first-order valence-electron chi connectivity index (χ1n) is 9.19. The molecule has 1 saturated heterocycles. The number of methoxy groups -OCH3 is 1. The van der Waals surface area contributed by atoms with Crippen LogP contribution < -0.4 is 15.0 Å². The molecule has 0 radical (unpaired) electrons. The van der Waals surface area contributed by atoms with Gasteiger partial charge in [-0.05, 0) is 48.4 Å². The zero-order chi connectivity index (χ0) is 18.4. The van der Waals surface area contributed by atoms with Gasteiger partial charge >= 0.3 is 0 Å². The molecule has 1 aliphatic rings. The van der Waals surface area contributed by atoms with Crippen molar-refractivity contribution in [3.8, 4) is 5.75 Å². The molecular formula is C21H27N3O2. The number of ether oxygens (including phenoxy) is 1. The Labute approximate surface area is 155 Å². The Kier molecular flexibility index (Phi) is 6.00. The zero-order valence-corrected chi connectivity index (χ0v) is 15.6. The Balaban J connectivity index is 1.46. The minimum absolute atomic E-state index is 0.152. The summed E-state index contributed by atoms with van der Waals surface area (Å²) in [7, 11) is 1.67. The number of nitrogens with one attached hydrogen (secondary N) is 1. The number of piperazine rings is 1. The van der Waals surface area contributed by atoms with Crippen LogP contribution in [0.4, 0.5) is 11.4 Å². The number of carbonyl (C=O) groups is 1. The molecule has 26 heavy (non-hydrogen) atoms. The number of anilines is 2. The van der Waals surface area contributed by atoms with Gasteiger partial charge in [-0.25, -0.2) is 0 Å². The molecule has 5 nitrogen and oxygen atoms in total. The average Bonchev–Trinajstić information content (AvgIpc) is 2.72. The van der Waals surface area contributed by atoms with Gasteiger partial charge in [-0.15, -0.1) is 0 Å². The van der Waals surface area contributed by atoms with Gasteiger partial charge in [0.25, 0.3) is 0 Å². The third-order valence-electron chi connectivity index (χ3n) is 4.88. The van der Waals surface area contributed by atoms with Crippen LogP contribution in [0.1, 0.15) is 12.5 Å². The second kappa shape index (κ2) is 8.61. The fourth-order valence-electron chi connectivity index (χ4n) is 3.15. The Bertz CT molecular complexity index is 705. The number of hydrogen-bond acceptors (Lipinski definition) is 4. The van der Waals surface area contributed by atoms with Gasteiger partial charge in [-0.2, -0.15) is 0 Å². The summed E-state index contributed by atoms with van der Waals surface area (Å²) in [6, 6.07) is 16.3. The van der Waals surface area contributed by atoms with Crippen LogP contribution in [0.3, 0.4) is 0 Å².